The van der Waals surface area contributed by atoms with E-state index in [0.29, 0.717) is 11.9 Å². The van der Waals surface area contributed by atoms with Crippen LogP contribution in [0.25, 0.3) is 0 Å². The van der Waals surface area contributed by atoms with E-state index < -0.39 is 0 Å². The summed E-state index contributed by atoms with van der Waals surface area (Å²) >= 11 is 0. The van der Waals surface area contributed by atoms with Crippen LogP contribution < -0.4 is 5.73 Å². The van der Waals surface area contributed by atoms with Crippen LogP contribution in [0.15, 0.2) is 35.3 Å². The zero-order chi connectivity index (χ0) is 15.2. The molecule has 2 aliphatic rings. The Morgan fingerprint density at radius 1 is 1.17 bits per heavy atom. The number of nitrogens with zero attached hydrogens (tertiary/aromatic N) is 2. The first kappa shape index (κ1) is 18.5. The zero-order valence-corrected chi connectivity index (χ0v) is 15.7. The fraction of sp³-hybridized carbons (Fsp3) is 0.588. The second kappa shape index (κ2) is 9.44. The first-order valence-corrected chi connectivity index (χ1v) is 8.14. The van der Waals surface area contributed by atoms with Gasteiger partial charge < -0.3 is 20.1 Å². The number of aliphatic imine (C=N–C) groups is 1. The molecule has 1 aromatic rings. The molecule has 128 valence electrons. The van der Waals surface area contributed by atoms with Crippen molar-refractivity contribution in [3.05, 3.63) is 35.9 Å². The molecule has 0 spiro atoms. The van der Waals surface area contributed by atoms with Crippen LogP contribution in [-0.2, 0) is 9.47 Å². The monoisotopic (exact) mass is 431 g/mol. The Hall–Kier alpha value is -0.860. The summed E-state index contributed by atoms with van der Waals surface area (Å²) in [5.74, 6) is 1.04. The Kier molecular flexibility index (Phi) is 7.58. The number of halogens is 1. The standard InChI is InChI=1S/C17H25N3O2.HI/c18-17(20-8-11-21-12-9-20)19-13-15-7-4-10-22-16(15)14-5-2-1-3-6-14;/h1-3,5-6,15-16H,4,7-13H2,(H2,18,19);1H. The number of hydrogen-bond donors (Lipinski definition) is 1. The summed E-state index contributed by atoms with van der Waals surface area (Å²) < 4.78 is 11.4. The molecule has 3 rings (SSSR count). The van der Waals surface area contributed by atoms with Crippen molar-refractivity contribution in [3.8, 4) is 0 Å². The minimum Gasteiger partial charge on any atom is -0.378 e. The summed E-state index contributed by atoms with van der Waals surface area (Å²) in [5.41, 5.74) is 7.37. The quantitative estimate of drug-likeness (QED) is 0.454. The van der Waals surface area contributed by atoms with E-state index in [2.05, 4.69) is 34.2 Å². The van der Waals surface area contributed by atoms with E-state index in [0.717, 1.165) is 52.3 Å². The van der Waals surface area contributed by atoms with Crippen molar-refractivity contribution in [2.75, 3.05) is 39.5 Å². The maximum atomic E-state index is 6.13. The third-order valence-corrected chi connectivity index (χ3v) is 4.40. The summed E-state index contributed by atoms with van der Waals surface area (Å²) in [5, 5.41) is 0. The van der Waals surface area contributed by atoms with Crippen LogP contribution in [0, 0.1) is 5.92 Å². The Bertz CT molecular complexity index is 492. The van der Waals surface area contributed by atoms with Gasteiger partial charge in [0.05, 0.1) is 19.3 Å². The normalized spacial score (nSPS) is 25.7. The zero-order valence-electron chi connectivity index (χ0n) is 13.4. The van der Waals surface area contributed by atoms with Crippen molar-refractivity contribution in [1.82, 2.24) is 4.90 Å². The molecule has 0 aliphatic carbocycles. The molecule has 2 aliphatic heterocycles. The molecule has 2 saturated heterocycles. The number of nitrogens with two attached hydrogens (primary N) is 1. The largest absolute Gasteiger partial charge is 0.378 e. The summed E-state index contributed by atoms with van der Waals surface area (Å²) in [6.07, 6.45) is 2.37. The van der Waals surface area contributed by atoms with E-state index in [1.165, 1.54) is 5.56 Å². The molecule has 5 nitrogen and oxygen atoms in total. The Labute approximate surface area is 155 Å². The van der Waals surface area contributed by atoms with Gasteiger partial charge in [0.25, 0.3) is 0 Å². The first-order valence-electron chi connectivity index (χ1n) is 8.14. The van der Waals surface area contributed by atoms with E-state index in [9.17, 15) is 0 Å². The van der Waals surface area contributed by atoms with E-state index in [4.69, 9.17) is 15.2 Å². The lowest BCUT2D eigenvalue weighted by molar-refractivity contribution is -0.0251. The van der Waals surface area contributed by atoms with Gasteiger partial charge in [0.2, 0.25) is 0 Å². The van der Waals surface area contributed by atoms with Gasteiger partial charge in [0, 0.05) is 32.2 Å². The third-order valence-electron chi connectivity index (χ3n) is 4.40. The average Bonchev–Trinajstić information content (AvgIpc) is 2.61. The van der Waals surface area contributed by atoms with Crippen LogP contribution >= 0.6 is 24.0 Å². The van der Waals surface area contributed by atoms with Gasteiger partial charge in [-0.1, -0.05) is 30.3 Å². The van der Waals surface area contributed by atoms with Crippen LogP contribution in [0.4, 0.5) is 0 Å². The highest BCUT2D eigenvalue weighted by Crippen LogP contribution is 2.33. The third kappa shape index (κ3) is 5.06. The average molecular weight is 431 g/mol. The predicted molar refractivity (Wildman–Crippen MR) is 102 cm³/mol. The highest BCUT2D eigenvalue weighted by molar-refractivity contribution is 14.0. The second-order valence-corrected chi connectivity index (χ2v) is 5.90. The number of benzene rings is 1. The minimum atomic E-state index is 0. The highest BCUT2D eigenvalue weighted by atomic mass is 127. The number of morpholine rings is 1. The lowest BCUT2D eigenvalue weighted by Crippen LogP contribution is -2.45. The van der Waals surface area contributed by atoms with Crippen molar-refractivity contribution in [2.45, 2.75) is 18.9 Å². The second-order valence-electron chi connectivity index (χ2n) is 5.90. The Morgan fingerprint density at radius 2 is 1.91 bits per heavy atom. The number of guanidine groups is 1. The number of rotatable bonds is 3. The molecule has 2 fully saturated rings. The fourth-order valence-corrected chi connectivity index (χ4v) is 3.14. The van der Waals surface area contributed by atoms with Crippen molar-refractivity contribution < 1.29 is 9.47 Å². The highest BCUT2D eigenvalue weighted by Gasteiger charge is 2.27. The topological polar surface area (TPSA) is 60.1 Å². The van der Waals surface area contributed by atoms with Crippen molar-refractivity contribution in [1.29, 1.82) is 0 Å². The van der Waals surface area contributed by atoms with Crippen molar-refractivity contribution in [3.63, 3.8) is 0 Å². The van der Waals surface area contributed by atoms with Crippen LogP contribution in [0.1, 0.15) is 24.5 Å². The fourth-order valence-electron chi connectivity index (χ4n) is 3.14. The SMILES string of the molecule is I.NC(=NCC1CCCOC1c1ccccc1)N1CCOCC1. The van der Waals surface area contributed by atoms with E-state index in [1.807, 2.05) is 6.07 Å². The van der Waals surface area contributed by atoms with Gasteiger partial charge in [-0.2, -0.15) is 0 Å². The van der Waals surface area contributed by atoms with Gasteiger partial charge in [-0.15, -0.1) is 24.0 Å². The Morgan fingerprint density at radius 3 is 2.65 bits per heavy atom. The summed E-state index contributed by atoms with van der Waals surface area (Å²) in [4.78, 5) is 6.73. The van der Waals surface area contributed by atoms with Crippen LogP contribution in [0.3, 0.4) is 0 Å². The molecule has 2 heterocycles. The van der Waals surface area contributed by atoms with Gasteiger partial charge in [0.1, 0.15) is 0 Å². The Balaban J connectivity index is 0.00000192. The molecule has 1 aromatic carbocycles. The molecule has 0 aromatic heterocycles. The van der Waals surface area contributed by atoms with Gasteiger partial charge in [-0.25, -0.2) is 0 Å². The molecular weight excluding hydrogens is 405 g/mol. The lowest BCUT2D eigenvalue weighted by Gasteiger charge is -2.32. The van der Waals surface area contributed by atoms with Crippen LogP contribution in [0.5, 0.6) is 0 Å². The smallest absolute Gasteiger partial charge is 0.191 e. The van der Waals surface area contributed by atoms with Gasteiger partial charge in [-0.05, 0) is 18.4 Å². The van der Waals surface area contributed by atoms with Crippen molar-refractivity contribution >= 4 is 29.9 Å². The number of hydrogen-bond acceptors (Lipinski definition) is 3. The van der Waals surface area contributed by atoms with Crippen LogP contribution in [0.2, 0.25) is 0 Å². The molecule has 6 heteroatoms. The lowest BCUT2D eigenvalue weighted by atomic mass is 9.89. The summed E-state index contributed by atoms with van der Waals surface area (Å²) in [7, 11) is 0. The maximum absolute atomic E-state index is 6.13. The van der Waals surface area contributed by atoms with Crippen LogP contribution in [-0.4, -0.2) is 50.3 Å². The predicted octanol–water partition coefficient (Wildman–Crippen LogP) is 2.42. The molecule has 0 amide bonds. The maximum Gasteiger partial charge on any atom is 0.191 e. The van der Waals surface area contributed by atoms with Gasteiger partial charge in [0.15, 0.2) is 5.96 Å². The molecule has 2 atom stereocenters. The van der Waals surface area contributed by atoms with Gasteiger partial charge >= 0.3 is 0 Å². The molecule has 2 unspecified atom stereocenters. The van der Waals surface area contributed by atoms with Gasteiger partial charge in [-0.3, -0.25) is 4.99 Å². The molecule has 0 bridgehead atoms. The van der Waals surface area contributed by atoms with E-state index in [-0.39, 0.29) is 30.1 Å². The summed E-state index contributed by atoms with van der Waals surface area (Å²) in [6, 6.07) is 10.4. The molecule has 0 radical (unpaired) electrons. The minimum absolute atomic E-state index is 0. The molecule has 0 saturated carbocycles. The molecular formula is C17H26IN3O2. The first-order chi connectivity index (χ1) is 10.8. The molecule has 23 heavy (non-hydrogen) atoms. The van der Waals surface area contributed by atoms with E-state index in [1.54, 1.807) is 0 Å². The molecule has 2 N–H and O–H groups in total. The summed E-state index contributed by atoms with van der Waals surface area (Å²) in [6.45, 7) is 4.68. The van der Waals surface area contributed by atoms with E-state index >= 15 is 0 Å². The number of ether oxygens (including phenoxy) is 2. The van der Waals surface area contributed by atoms with Crippen molar-refractivity contribution in [2.24, 2.45) is 16.6 Å².